The summed E-state index contributed by atoms with van der Waals surface area (Å²) >= 11 is 0. The zero-order valence-corrected chi connectivity index (χ0v) is 21.9. The van der Waals surface area contributed by atoms with Gasteiger partial charge in [-0.3, -0.25) is 9.59 Å². The number of benzene rings is 4. The fourth-order valence-corrected chi connectivity index (χ4v) is 5.16. The van der Waals surface area contributed by atoms with E-state index < -0.39 is 17.5 Å². The van der Waals surface area contributed by atoms with Crippen molar-refractivity contribution in [1.29, 1.82) is 0 Å². The van der Waals surface area contributed by atoms with Gasteiger partial charge in [0.25, 0.3) is 0 Å². The molecule has 4 aromatic carbocycles. The van der Waals surface area contributed by atoms with E-state index in [4.69, 9.17) is 14.2 Å². The lowest BCUT2D eigenvalue weighted by Gasteiger charge is -2.27. The van der Waals surface area contributed by atoms with Crippen LogP contribution >= 0.6 is 0 Å². The number of carbonyl (C=O) groups excluding carboxylic acids is 2. The van der Waals surface area contributed by atoms with E-state index in [1.54, 1.807) is 24.3 Å². The maximum atomic E-state index is 13.7. The van der Waals surface area contributed by atoms with Gasteiger partial charge >= 0.3 is 0 Å². The molecule has 9 nitrogen and oxygen atoms in total. The van der Waals surface area contributed by atoms with Crippen LogP contribution in [0, 0.1) is 0 Å². The molecule has 4 N–H and O–H groups in total. The molecule has 0 saturated carbocycles. The van der Waals surface area contributed by atoms with E-state index >= 15 is 0 Å². The molecule has 1 aliphatic carbocycles. The Morgan fingerprint density at radius 1 is 0.725 bits per heavy atom. The number of ether oxygens (including phenoxy) is 3. The number of methoxy groups -OCH3 is 3. The minimum atomic E-state index is -0.922. The van der Waals surface area contributed by atoms with Gasteiger partial charge in [0.1, 0.15) is 11.5 Å². The number of phenols is 3. The van der Waals surface area contributed by atoms with E-state index in [2.05, 4.69) is 0 Å². The van der Waals surface area contributed by atoms with Crippen molar-refractivity contribution in [2.45, 2.75) is 12.3 Å². The average Bonchev–Trinajstić information content (AvgIpc) is 2.95. The molecule has 0 spiro atoms. The van der Waals surface area contributed by atoms with Crippen LogP contribution in [0.15, 0.2) is 66.2 Å². The predicted molar refractivity (Wildman–Crippen MR) is 147 cm³/mol. The fraction of sp³-hybridized carbons (Fsp3) is 0.161. The first-order valence-electron chi connectivity index (χ1n) is 12.3. The Hall–Kier alpha value is -5.18. The SMILES string of the molecule is COc1cc(CC(C2=C(O)c3c(ccc4cc(O)ccc34)C(=O)C2=O)c2cc(OC)c(O)c(OC)c2)ccc1O. The molecule has 0 heterocycles. The number of aliphatic hydroxyl groups excluding tert-OH is 1. The lowest BCUT2D eigenvalue weighted by molar-refractivity contribution is -0.112. The van der Waals surface area contributed by atoms with Crippen LogP contribution in [0.3, 0.4) is 0 Å². The number of phenolic OH excluding ortho intramolecular Hbond substituents is 3. The smallest absolute Gasteiger partial charge is 0.234 e. The second-order valence-electron chi connectivity index (χ2n) is 9.35. The molecule has 9 heteroatoms. The molecular weight excluding hydrogens is 516 g/mol. The first kappa shape index (κ1) is 26.4. The minimum Gasteiger partial charge on any atom is -0.508 e. The number of hydrogen-bond donors (Lipinski definition) is 4. The second-order valence-corrected chi connectivity index (χ2v) is 9.35. The van der Waals surface area contributed by atoms with E-state index in [1.165, 1.54) is 57.7 Å². The van der Waals surface area contributed by atoms with Gasteiger partial charge in [-0.25, -0.2) is 0 Å². The number of fused-ring (bicyclic) bond motifs is 3. The fourth-order valence-electron chi connectivity index (χ4n) is 5.16. The zero-order valence-electron chi connectivity index (χ0n) is 21.9. The molecule has 204 valence electrons. The topological polar surface area (TPSA) is 143 Å². The minimum absolute atomic E-state index is 0.0109. The van der Waals surface area contributed by atoms with Crippen molar-refractivity contribution >= 4 is 28.1 Å². The molecule has 1 atom stereocenters. The maximum absolute atomic E-state index is 13.7. The summed E-state index contributed by atoms with van der Waals surface area (Å²) in [5, 5.41) is 43.3. The number of carbonyl (C=O) groups is 2. The van der Waals surface area contributed by atoms with Crippen molar-refractivity contribution in [3.05, 3.63) is 88.5 Å². The quantitative estimate of drug-likeness (QED) is 0.236. The van der Waals surface area contributed by atoms with Gasteiger partial charge in [-0.1, -0.05) is 12.1 Å². The molecule has 5 rings (SSSR count). The number of Topliss-reactive ketones (excluding diaryl/α,β-unsaturated/α-hetero) is 2. The lowest BCUT2D eigenvalue weighted by atomic mass is 9.76. The number of ketones is 2. The molecule has 4 aromatic rings. The molecule has 0 aromatic heterocycles. The highest BCUT2D eigenvalue weighted by molar-refractivity contribution is 6.53. The van der Waals surface area contributed by atoms with Crippen molar-refractivity contribution in [2.75, 3.05) is 21.3 Å². The third-order valence-electron chi connectivity index (χ3n) is 7.13. The first-order valence-corrected chi connectivity index (χ1v) is 12.3. The Labute approximate surface area is 229 Å². The Kier molecular flexibility index (Phi) is 6.73. The van der Waals surface area contributed by atoms with E-state index in [1.807, 2.05) is 0 Å². The Morgan fingerprint density at radius 2 is 1.40 bits per heavy atom. The first-order chi connectivity index (χ1) is 19.2. The molecule has 0 aliphatic heterocycles. The van der Waals surface area contributed by atoms with Crippen LogP contribution < -0.4 is 14.2 Å². The van der Waals surface area contributed by atoms with Crippen LogP contribution in [0.25, 0.3) is 16.5 Å². The normalized spacial score (nSPS) is 13.8. The van der Waals surface area contributed by atoms with Crippen molar-refractivity contribution in [3.63, 3.8) is 0 Å². The predicted octanol–water partition coefficient (Wildman–Crippen LogP) is 5.04. The van der Waals surface area contributed by atoms with Crippen molar-refractivity contribution in [3.8, 4) is 34.5 Å². The molecule has 0 saturated heterocycles. The lowest BCUT2D eigenvalue weighted by Crippen LogP contribution is -2.28. The van der Waals surface area contributed by atoms with Crippen LogP contribution in [0.1, 0.15) is 33.0 Å². The Balaban J connectivity index is 1.80. The summed E-state index contributed by atoms with van der Waals surface area (Å²) in [7, 11) is 4.13. The Bertz CT molecular complexity index is 1690. The van der Waals surface area contributed by atoms with Gasteiger partial charge in [0.15, 0.2) is 23.0 Å². The van der Waals surface area contributed by atoms with E-state index in [-0.39, 0.29) is 63.4 Å². The van der Waals surface area contributed by atoms with Gasteiger partial charge in [-0.15, -0.1) is 0 Å². The molecule has 0 bridgehead atoms. The molecule has 0 radical (unpaired) electrons. The third kappa shape index (κ3) is 4.31. The van der Waals surface area contributed by atoms with Crippen LogP contribution in [-0.4, -0.2) is 53.3 Å². The van der Waals surface area contributed by atoms with E-state index in [9.17, 15) is 30.0 Å². The molecule has 0 amide bonds. The number of rotatable bonds is 7. The number of hydrogen-bond acceptors (Lipinski definition) is 9. The van der Waals surface area contributed by atoms with Crippen LogP contribution in [0.2, 0.25) is 0 Å². The number of aliphatic hydroxyl groups is 1. The standard InChI is InChI=1S/C31H26O9/c1-38-23-11-15(4-9-22(23)33)10-21(17-13-24(39-2)29(35)25(14-17)40-3)27-30(36)26-19-8-6-18(32)12-16(19)5-7-20(26)28(34)31(27)37/h4-9,11-14,21,32-33,35-36H,10H2,1-3H3. The highest BCUT2D eigenvalue weighted by atomic mass is 16.5. The van der Waals surface area contributed by atoms with Gasteiger partial charge in [-0.2, -0.15) is 0 Å². The number of allylic oxidation sites excluding steroid dienone is 1. The van der Waals surface area contributed by atoms with Gasteiger partial charge in [-0.05, 0) is 76.9 Å². The number of aromatic hydroxyl groups is 3. The van der Waals surface area contributed by atoms with Crippen molar-refractivity contribution in [2.24, 2.45) is 0 Å². The molecule has 1 unspecified atom stereocenters. The second kappa shape index (κ2) is 10.2. The summed E-state index contributed by atoms with van der Waals surface area (Å²) in [6.45, 7) is 0. The highest BCUT2D eigenvalue weighted by Crippen LogP contribution is 2.45. The van der Waals surface area contributed by atoms with Crippen molar-refractivity contribution < 1.29 is 44.2 Å². The maximum Gasteiger partial charge on any atom is 0.234 e. The zero-order chi connectivity index (χ0) is 28.7. The van der Waals surface area contributed by atoms with Gasteiger partial charge in [0.05, 0.1) is 26.9 Å². The van der Waals surface area contributed by atoms with E-state index in [0.29, 0.717) is 21.9 Å². The van der Waals surface area contributed by atoms with E-state index in [0.717, 1.165) is 0 Å². The summed E-state index contributed by atoms with van der Waals surface area (Å²) in [5.41, 5.74) is 1.13. The largest absolute Gasteiger partial charge is 0.508 e. The summed E-state index contributed by atoms with van der Waals surface area (Å²) in [4.78, 5) is 27.1. The molecule has 1 aliphatic rings. The summed E-state index contributed by atoms with van der Waals surface area (Å²) < 4.78 is 15.9. The average molecular weight is 543 g/mol. The van der Waals surface area contributed by atoms with Gasteiger partial charge < -0.3 is 34.6 Å². The molecule has 40 heavy (non-hydrogen) atoms. The van der Waals surface area contributed by atoms with Crippen LogP contribution in [-0.2, 0) is 11.2 Å². The molecule has 0 fully saturated rings. The van der Waals surface area contributed by atoms with Gasteiger partial charge in [0.2, 0.25) is 17.3 Å². The summed E-state index contributed by atoms with van der Waals surface area (Å²) in [5.74, 6) is -2.95. The Morgan fingerprint density at radius 3 is 2.05 bits per heavy atom. The monoisotopic (exact) mass is 542 g/mol. The summed E-state index contributed by atoms with van der Waals surface area (Å²) in [6.07, 6.45) is 0.0903. The molecular formula is C31H26O9. The van der Waals surface area contributed by atoms with Crippen LogP contribution in [0.5, 0.6) is 34.5 Å². The van der Waals surface area contributed by atoms with Gasteiger partial charge in [0, 0.05) is 17.0 Å². The highest BCUT2D eigenvalue weighted by Gasteiger charge is 2.39. The van der Waals surface area contributed by atoms with Crippen molar-refractivity contribution in [1.82, 2.24) is 0 Å². The summed E-state index contributed by atoms with van der Waals surface area (Å²) in [6, 6.07) is 15.3. The third-order valence-corrected chi connectivity index (χ3v) is 7.13. The van der Waals surface area contributed by atoms with Crippen LogP contribution in [0.4, 0.5) is 0 Å².